The third-order valence-corrected chi connectivity index (χ3v) is 3.00. The van der Waals surface area contributed by atoms with E-state index in [4.69, 9.17) is 0 Å². The zero-order valence-corrected chi connectivity index (χ0v) is 11.3. The summed E-state index contributed by atoms with van der Waals surface area (Å²) in [5.41, 5.74) is 1.01. The molecule has 1 aromatic carbocycles. The molecule has 0 fully saturated rings. The van der Waals surface area contributed by atoms with Crippen molar-refractivity contribution >= 4 is 5.78 Å². The van der Waals surface area contributed by atoms with Gasteiger partial charge < -0.3 is 0 Å². The Morgan fingerprint density at radius 3 is 1.71 bits per heavy atom. The first-order valence-corrected chi connectivity index (χ1v) is 6.18. The highest BCUT2D eigenvalue weighted by atomic mass is 19.4. The van der Waals surface area contributed by atoms with Gasteiger partial charge >= 0.3 is 12.4 Å². The number of hydrogen-bond acceptors (Lipinski definition) is 1. The van der Waals surface area contributed by atoms with E-state index in [1.807, 2.05) is 13.8 Å². The van der Waals surface area contributed by atoms with Gasteiger partial charge in [-0.05, 0) is 17.0 Å². The van der Waals surface area contributed by atoms with Crippen molar-refractivity contribution in [2.24, 2.45) is 5.92 Å². The van der Waals surface area contributed by atoms with Crippen LogP contribution in [0.4, 0.5) is 26.3 Å². The molecular weight excluding hydrogens is 298 g/mol. The largest absolute Gasteiger partial charge is 0.407 e. The van der Waals surface area contributed by atoms with Crippen LogP contribution in [0, 0.1) is 5.92 Å². The number of Topliss-reactive ketones (excluding diaryl/α,β-unsaturated/α-hetero) is 1. The van der Waals surface area contributed by atoms with Crippen molar-refractivity contribution in [2.45, 2.75) is 38.5 Å². The number of benzene rings is 1. The molecule has 0 spiro atoms. The number of hydrogen-bond donors (Lipinski definition) is 0. The van der Waals surface area contributed by atoms with Crippen molar-refractivity contribution < 1.29 is 31.1 Å². The Morgan fingerprint density at radius 1 is 0.952 bits per heavy atom. The summed E-state index contributed by atoms with van der Waals surface area (Å²) >= 11 is 0. The monoisotopic (exact) mass is 312 g/mol. The van der Waals surface area contributed by atoms with E-state index < -0.39 is 30.5 Å². The molecule has 0 unspecified atom stereocenters. The molecular formula is C14H14F6O. The van der Waals surface area contributed by atoms with Gasteiger partial charge in [-0.1, -0.05) is 38.1 Å². The molecule has 7 heteroatoms. The van der Waals surface area contributed by atoms with Crippen LogP contribution in [0.1, 0.15) is 30.9 Å². The number of carbonyl (C=O) groups excluding carboxylic acids is 1. The Bertz CT molecular complexity index is 470. The number of carbonyl (C=O) groups is 1. The summed E-state index contributed by atoms with van der Waals surface area (Å²) in [5, 5.41) is 0. The average molecular weight is 312 g/mol. The lowest BCUT2D eigenvalue weighted by Gasteiger charge is -2.21. The van der Waals surface area contributed by atoms with E-state index in [0.29, 0.717) is 0 Å². The Kier molecular flexibility index (Phi) is 5.07. The fourth-order valence-corrected chi connectivity index (χ4v) is 1.87. The minimum Gasteiger partial charge on any atom is -0.298 e. The van der Waals surface area contributed by atoms with Gasteiger partial charge in [0.15, 0.2) is 5.78 Å². The number of halogens is 6. The molecule has 0 radical (unpaired) electrons. The molecule has 1 nitrogen and oxygen atoms in total. The summed E-state index contributed by atoms with van der Waals surface area (Å²) in [7, 11) is 0. The molecule has 0 aliphatic rings. The topological polar surface area (TPSA) is 17.1 Å². The molecule has 0 heterocycles. The summed E-state index contributed by atoms with van der Waals surface area (Å²) in [6, 6.07) is 5.92. The van der Waals surface area contributed by atoms with E-state index >= 15 is 0 Å². The van der Waals surface area contributed by atoms with Gasteiger partial charge in [0, 0.05) is 6.42 Å². The second-order valence-corrected chi connectivity index (χ2v) is 5.06. The molecule has 1 rings (SSSR count). The lowest BCUT2D eigenvalue weighted by atomic mass is 9.95. The fraction of sp³-hybridized carbons (Fsp3) is 0.500. The lowest BCUT2D eigenvalue weighted by molar-refractivity contribution is -0.273. The van der Waals surface area contributed by atoms with E-state index in [0.717, 1.165) is 5.56 Å². The summed E-state index contributed by atoms with van der Waals surface area (Å²) in [6.07, 6.45) is -12.2. The van der Waals surface area contributed by atoms with Gasteiger partial charge in [-0.25, -0.2) is 0 Å². The van der Waals surface area contributed by atoms with Gasteiger partial charge in [-0.2, -0.15) is 26.3 Å². The maximum Gasteiger partial charge on any atom is 0.407 e. The standard InChI is InChI=1S/C14H14F6O/c1-8(2)10-5-3-9(4-6-10)7-11(21)12(13(15,16)17)14(18,19)20/h3-6,8,12H,7H2,1-2H3. The van der Waals surface area contributed by atoms with Gasteiger partial charge in [0.2, 0.25) is 5.92 Å². The number of ketones is 1. The second kappa shape index (κ2) is 6.07. The number of rotatable bonds is 4. The van der Waals surface area contributed by atoms with E-state index in [1.54, 1.807) is 12.1 Å². The maximum absolute atomic E-state index is 12.4. The highest BCUT2D eigenvalue weighted by molar-refractivity contribution is 5.84. The minimum absolute atomic E-state index is 0.128. The quantitative estimate of drug-likeness (QED) is 0.739. The van der Waals surface area contributed by atoms with Crippen LogP contribution >= 0.6 is 0 Å². The molecule has 0 aliphatic carbocycles. The Morgan fingerprint density at radius 2 is 1.38 bits per heavy atom. The Labute approximate surface area is 118 Å². The number of alkyl halides is 6. The van der Waals surface area contributed by atoms with Gasteiger partial charge in [-0.15, -0.1) is 0 Å². The second-order valence-electron chi connectivity index (χ2n) is 5.06. The van der Waals surface area contributed by atoms with Crippen LogP contribution in [-0.4, -0.2) is 18.1 Å². The average Bonchev–Trinajstić information content (AvgIpc) is 2.25. The van der Waals surface area contributed by atoms with Crippen LogP contribution < -0.4 is 0 Å². The zero-order valence-electron chi connectivity index (χ0n) is 11.3. The van der Waals surface area contributed by atoms with E-state index in [9.17, 15) is 31.1 Å². The lowest BCUT2D eigenvalue weighted by Crippen LogP contribution is -2.43. The first-order valence-electron chi connectivity index (χ1n) is 6.18. The van der Waals surface area contributed by atoms with E-state index in [2.05, 4.69) is 0 Å². The Hall–Kier alpha value is -1.53. The molecule has 0 N–H and O–H groups in total. The summed E-state index contributed by atoms with van der Waals surface area (Å²) < 4.78 is 74.4. The van der Waals surface area contributed by atoms with Crippen molar-refractivity contribution in [3.63, 3.8) is 0 Å². The first kappa shape index (κ1) is 17.5. The van der Waals surface area contributed by atoms with Crippen LogP contribution in [0.5, 0.6) is 0 Å². The molecule has 0 atom stereocenters. The molecule has 0 aliphatic heterocycles. The molecule has 0 bridgehead atoms. The van der Waals surface area contributed by atoms with Crippen molar-refractivity contribution in [1.29, 1.82) is 0 Å². The summed E-state index contributed by atoms with van der Waals surface area (Å²) in [6.45, 7) is 3.78. The molecule has 1 aromatic rings. The van der Waals surface area contributed by atoms with Crippen molar-refractivity contribution in [3.8, 4) is 0 Å². The molecule has 0 amide bonds. The van der Waals surface area contributed by atoms with Crippen LogP contribution in [0.15, 0.2) is 24.3 Å². The van der Waals surface area contributed by atoms with Gasteiger partial charge in [-0.3, -0.25) is 4.79 Å². The molecule has 0 saturated carbocycles. The molecule has 21 heavy (non-hydrogen) atoms. The fourth-order valence-electron chi connectivity index (χ4n) is 1.87. The third kappa shape index (κ3) is 4.75. The van der Waals surface area contributed by atoms with Crippen LogP contribution in [0.3, 0.4) is 0 Å². The highest BCUT2D eigenvalue weighted by Gasteiger charge is 2.60. The van der Waals surface area contributed by atoms with Crippen molar-refractivity contribution in [3.05, 3.63) is 35.4 Å². The first-order chi connectivity index (χ1) is 9.43. The van der Waals surface area contributed by atoms with Crippen molar-refractivity contribution in [2.75, 3.05) is 0 Å². The SMILES string of the molecule is CC(C)c1ccc(CC(=O)C(C(F)(F)F)C(F)(F)F)cc1. The normalized spacial score (nSPS) is 13.0. The van der Waals surface area contributed by atoms with Gasteiger partial charge in [0.1, 0.15) is 0 Å². The van der Waals surface area contributed by atoms with Crippen molar-refractivity contribution in [1.82, 2.24) is 0 Å². The highest BCUT2D eigenvalue weighted by Crippen LogP contribution is 2.40. The smallest absolute Gasteiger partial charge is 0.298 e. The summed E-state index contributed by atoms with van der Waals surface area (Å²) in [4.78, 5) is 11.4. The predicted octanol–water partition coefficient (Wildman–Crippen LogP) is 4.66. The van der Waals surface area contributed by atoms with E-state index in [1.165, 1.54) is 12.1 Å². The predicted molar refractivity (Wildman–Crippen MR) is 64.8 cm³/mol. The molecule has 118 valence electrons. The van der Waals surface area contributed by atoms with E-state index in [-0.39, 0.29) is 11.5 Å². The summed E-state index contributed by atoms with van der Waals surface area (Å²) in [5.74, 6) is -5.66. The minimum atomic E-state index is -5.63. The van der Waals surface area contributed by atoms with Crippen LogP contribution in [0.25, 0.3) is 0 Å². The Balaban J connectivity index is 2.92. The van der Waals surface area contributed by atoms with Crippen LogP contribution in [0.2, 0.25) is 0 Å². The van der Waals surface area contributed by atoms with Crippen LogP contribution in [-0.2, 0) is 11.2 Å². The zero-order chi connectivity index (χ0) is 16.4. The third-order valence-electron chi connectivity index (χ3n) is 3.00. The maximum atomic E-state index is 12.4. The van der Waals surface area contributed by atoms with Gasteiger partial charge in [0.05, 0.1) is 0 Å². The van der Waals surface area contributed by atoms with Gasteiger partial charge in [0.25, 0.3) is 0 Å². The molecule has 0 saturated heterocycles. The molecule has 0 aromatic heterocycles.